The highest BCUT2D eigenvalue weighted by atomic mass is 79.9. The second-order valence-electron chi connectivity index (χ2n) is 4.03. The Balaban J connectivity index is 2.33. The number of aryl methyl sites for hydroxylation is 1. The number of anilines is 1. The van der Waals surface area contributed by atoms with Crippen LogP contribution in [0.25, 0.3) is 0 Å². The first kappa shape index (κ1) is 14.4. The number of halogens is 2. The molecule has 19 heavy (non-hydrogen) atoms. The molecule has 0 aliphatic heterocycles. The van der Waals surface area contributed by atoms with Crippen molar-refractivity contribution < 1.29 is 8.42 Å². The normalized spacial score (nSPS) is 11.3. The summed E-state index contributed by atoms with van der Waals surface area (Å²) in [6.07, 6.45) is 0. The van der Waals surface area contributed by atoms with Crippen molar-refractivity contribution >= 4 is 43.2 Å². The molecule has 2 aromatic rings. The number of hydrogen-bond acceptors (Lipinski definition) is 2. The lowest BCUT2D eigenvalue weighted by Crippen LogP contribution is -2.12. The summed E-state index contributed by atoms with van der Waals surface area (Å²) in [6, 6.07) is 11.4. The number of rotatable bonds is 3. The van der Waals surface area contributed by atoms with Gasteiger partial charge in [-0.1, -0.05) is 33.6 Å². The third kappa shape index (κ3) is 3.49. The Morgan fingerprint density at radius 2 is 1.89 bits per heavy atom. The average molecular weight is 361 g/mol. The molecule has 0 aliphatic rings. The van der Waals surface area contributed by atoms with Crippen LogP contribution in [0.1, 0.15) is 5.56 Å². The Bertz CT molecular complexity index is 716. The third-order valence-corrected chi connectivity index (χ3v) is 5.02. The van der Waals surface area contributed by atoms with E-state index in [2.05, 4.69) is 20.7 Å². The predicted molar refractivity (Wildman–Crippen MR) is 81.1 cm³/mol. The van der Waals surface area contributed by atoms with Crippen LogP contribution < -0.4 is 4.72 Å². The molecule has 6 heteroatoms. The predicted octanol–water partition coefficient (Wildman–Crippen LogP) is 4.21. The molecule has 100 valence electrons. The summed E-state index contributed by atoms with van der Waals surface area (Å²) in [5, 5.41) is 0.384. The lowest BCUT2D eigenvalue weighted by Gasteiger charge is -2.09. The van der Waals surface area contributed by atoms with Gasteiger partial charge in [-0.2, -0.15) is 0 Å². The van der Waals surface area contributed by atoms with Gasteiger partial charge in [0.05, 0.1) is 4.90 Å². The van der Waals surface area contributed by atoms with Gasteiger partial charge in [0.1, 0.15) is 0 Å². The van der Waals surface area contributed by atoms with E-state index in [-0.39, 0.29) is 4.90 Å². The molecular weight excluding hydrogens is 350 g/mol. The number of sulfonamides is 1. The maximum atomic E-state index is 12.2. The molecule has 0 radical (unpaired) electrons. The van der Waals surface area contributed by atoms with Gasteiger partial charge in [-0.3, -0.25) is 4.72 Å². The molecule has 0 fully saturated rings. The Morgan fingerprint density at radius 3 is 2.53 bits per heavy atom. The van der Waals surface area contributed by atoms with Crippen LogP contribution in [0, 0.1) is 6.92 Å². The Labute approximate surface area is 125 Å². The monoisotopic (exact) mass is 359 g/mol. The second-order valence-corrected chi connectivity index (χ2v) is 7.00. The van der Waals surface area contributed by atoms with Gasteiger partial charge in [0.2, 0.25) is 0 Å². The number of benzene rings is 2. The summed E-state index contributed by atoms with van der Waals surface area (Å²) in [4.78, 5) is 0.139. The van der Waals surface area contributed by atoms with Crippen molar-refractivity contribution in [1.82, 2.24) is 0 Å². The molecule has 0 spiro atoms. The van der Waals surface area contributed by atoms with Crippen molar-refractivity contribution in [3.05, 3.63) is 57.5 Å². The largest absolute Gasteiger partial charge is 0.280 e. The van der Waals surface area contributed by atoms with Gasteiger partial charge in [0, 0.05) is 15.2 Å². The third-order valence-electron chi connectivity index (χ3n) is 2.52. The quantitative estimate of drug-likeness (QED) is 0.891. The van der Waals surface area contributed by atoms with Gasteiger partial charge < -0.3 is 0 Å². The molecule has 0 unspecified atom stereocenters. The first-order valence-electron chi connectivity index (χ1n) is 5.43. The summed E-state index contributed by atoms with van der Waals surface area (Å²) >= 11 is 9.17. The first-order chi connectivity index (χ1) is 8.88. The lowest BCUT2D eigenvalue weighted by atomic mass is 10.2. The molecule has 0 saturated heterocycles. The van der Waals surface area contributed by atoms with E-state index in [0.717, 1.165) is 10.0 Å². The summed E-state index contributed by atoms with van der Waals surface area (Å²) in [6.45, 7) is 1.89. The van der Waals surface area contributed by atoms with E-state index in [1.165, 1.54) is 12.1 Å². The van der Waals surface area contributed by atoms with Crippen LogP contribution in [-0.2, 0) is 10.0 Å². The van der Waals surface area contributed by atoms with E-state index in [9.17, 15) is 8.42 Å². The minimum absolute atomic E-state index is 0.139. The van der Waals surface area contributed by atoms with E-state index in [4.69, 9.17) is 11.6 Å². The first-order valence-corrected chi connectivity index (χ1v) is 8.08. The molecule has 2 aromatic carbocycles. The van der Waals surface area contributed by atoms with Crippen LogP contribution in [0.15, 0.2) is 51.8 Å². The fourth-order valence-electron chi connectivity index (χ4n) is 1.56. The molecule has 0 atom stereocenters. The van der Waals surface area contributed by atoms with Crippen molar-refractivity contribution in [3.8, 4) is 0 Å². The van der Waals surface area contributed by atoms with Crippen molar-refractivity contribution in [2.45, 2.75) is 11.8 Å². The molecule has 0 bridgehead atoms. The van der Waals surface area contributed by atoms with Crippen molar-refractivity contribution in [3.63, 3.8) is 0 Å². The van der Waals surface area contributed by atoms with Crippen LogP contribution in [-0.4, -0.2) is 8.42 Å². The van der Waals surface area contributed by atoms with Gasteiger partial charge in [-0.15, -0.1) is 0 Å². The van der Waals surface area contributed by atoms with E-state index >= 15 is 0 Å². The average Bonchev–Trinajstić information content (AvgIpc) is 2.33. The van der Waals surface area contributed by atoms with Crippen molar-refractivity contribution in [2.75, 3.05) is 4.72 Å². The summed E-state index contributed by atoms with van der Waals surface area (Å²) in [7, 11) is -3.62. The molecule has 0 saturated carbocycles. The fourth-order valence-corrected chi connectivity index (χ4v) is 3.15. The molecule has 3 nitrogen and oxygen atoms in total. The maximum Gasteiger partial charge on any atom is 0.261 e. The maximum absolute atomic E-state index is 12.2. The number of nitrogens with one attached hydrogen (secondary N) is 1. The van der Waals surface area contributed by atoms with Gasteiger partial charge in [-0.25, -0.2) is 8.42 Å². The van der Waals surface area contributed by atoms with Gasteiger partial charge in [-0.05, 0) is 48.9 Å². The molecule has 0 aromatic heterocycles. The van der Waals surface area contributed by atoms with Gasteiger partial charge >= 0.3 is 0 Å². The lowest BCUT2D eigenvalue weighted by molar-refractivity contribution is 0.601. The second kappa shape index (κ2) is 5.53. The zero-order valence-electron chi connectivity index (χ0n) is 10.0. The Kier molecular flexibility index (Phi) is 4.18. The van der Waals surface area contributed by atoms with E-state index in [1.807, 2.05) is 6.92 Å². The van der Waals surface area contributed by atoms with Crippen LogP contribution in [0.5, 0.6) is 0 Å². The molecule has 0 amide bonds. The molecule has 2 rings (SSSR count). The van der Waals surface area contributed by atoms with Gasteiger partial charge in [0.15, 0.2) is 0 Å². The van der Waals surface area contributed by atoms with Gasteiger partial charge in [0.25, 0.3) is 10.0 Å². The molecule has 0 heterocycles. The highest BCUT2D eigenvalue weighted by Gasteiger charge is 2.14. The van der Waals surface area contributed by atoms with E-state index in [0.29, 0.717) is 10.7 Å². The zero-order chi connectivity index (χ0) is 14.0. The smallest absolute Gasteiger partial charge is 0.261 e. The van der Waals surface area contributed by atoms with Crippen LogP contribution in [0.4, 0.5) is 5.69 Å². The fraction of sp³-hybridized carbons (Fsp3) is 0.0769. The van der Waals surface area contributed by atoms with Crippen molar-refractivity contribution in [1.29, 1.82) is 0 Å². The SMILES string of the molecule is Cc1cc(NS(=O)(=O)c2cccc(Cl)c2)ccc1Br. The van der Waals surface area contributed by atoms with E-state index < -0.39 is 10.0 Å². The minimum atomic E-state index is -3.62. The minimum Gasteiger partial charge on any atom is -0.280 e. The standard InChI is InChI=1S/C13H11BrClNO2S/c1-9-7-11(5-6-13(9)14)16-19(17,18)12-4-2-3-10(15)8-12/h2-8,16H,1H3. The van der Waals surface area contributed by atoms with Crippen molar-refractivity contribution in [2.24, 2.45) is 0 Å². The highest BCUT2D eigenvalue weighted by molar-refractivity contribution is 9.10. The van der Waals surface area contributed by atoms with E-state index in [1.54, 1.807) is 30.3 Å². The van der Waals surface area contributed by atoms with Crippen LogP contribution in [0.3, 0.4) is 0 Å². The van der Waals surface area contributed by atoms with Crippen LogP contribution >= 0.6 is 27.5 Å². The summed E-state index contributed by atoms with van der Waals surface area (Å²) in [5.74, 6) is 0. The zero-order valence-corrected chi connectivity index (χ0v) is 13.2. The highest BCUT2D eigenvalue weighted by Crippen LogP contribution is 2.23. The summed E-state index contributed by atoms with van der Waals surface area (Å²) < 4.78 is 27.8. The topological polar surface area (TPSA) is 46.2 Å². The van der Waals surface area contributed by atoms with Crippen LogP contribution in [0.2, 0.25) is 5.02 Å². The molecular formula is C13H11BrClNO2S. The Morgan fingerprint density at radius 1 is 1.16 bits per heavy atom. The molecule has 0 aliphatic carbocycles. The molecule has 1 N–H and O–H groups in total. The Hall–Kier alpha value is -1.04. The summed E-state index contributed by atoms with van der Waals surface area (Å²) in [5.41, 5.74) is 1.46. The number of hydrogen-bond donors (Lipinski definition) is 1.